The molecule has 0 bridgehead atoms. The summed E-state index contributed by atoms with van der Waals surface area (Å²) in [6.07, 6.45) is 3.43. The van der Waals surface area contributed by atoms with Crippen LogP contribution in [0.5, 0.6) is 0 Å². The molecule has 1 aromatic carbocycles. The first-order valence-electron chi connectivity index (χ1n) is 7.95. The molecule has 0 saturated heterocycles. The van der Waals surface area contributed by atoms with E-state index in [2.05, 4.69) is 51.2 Å². The predicted molar refractivity (Wildman–Crippen MR) is 94.3 cm³/mol. The first kappa shape index (κ1) is 13.8. The predicted octanol–water partition coefficient (Wildman–Crippen LogP) is 3.10. The van der Waals surface area contributed by atoms with Crippen LogP contribution in [0.25, 0.3) is 10.4 Å². The lowest BCUT2D eigenvalue weighted by atomic mass is 10.0. The highest BCUT2D eigenvalue weighted by Gasteiger charge is 2.43. The molecule has 0 unspecified atom stereocenters. The molecule has 1 aliphatic carbocycles. The highest BCUT2D eigenvalue weighted by atomic mass is 32.1. The van der Waals surface area contributed by atoms with Crippen LogP contribution in [0.1, 0.15) is 26.5 Å². The van der Waals surface area contributed by atoms with Gasteiger partial charge in [0.05, 0.1) is 11.9 Å². The number of aryl methyl sites for hydroxylation is 1. The van der Waals surface area contributed by atoms with E-state index in [1.807, 2.05) is 13.1 Å². The van der Waals surface area contributed by atoms with E-state index in [0.717, 1.165) is 39.5 Å². The van der Waals surface area contributed by atoms with Crippen molar-refractivity contribution in [3.05, 3.63) is 58.2 Å². The van der Waals surface area contributed by atoms with Gasteiger partial charge in [-0.25, -0.2) is 0 Å². The van der Waals surface area contributed by atoms with Crippen LogP contribution < -0.4 is 10.6 Å². The van der Waals surface area contributed by atoms with Gasteiger partial charge in [-0.15, -0.1) is 11.3 Å². The molecule has 5 nitrogen and oxygen atoms in total. The molecule has 120 valence electrons. The molecule has 1 aliphatic heterocycles. The number of anilines is 1. The first-order chi connectivity index (χ1) is 11.6. The summed E-state index contributed by atoms with van der Waals surface area (Å²) in [5, 5.41) is 13.8. The second kappa shape index (κ2) is 4.70. The summed E-state index contributed by atoms with van der Waals surface area (Å²) in [6, 6.07) is 10.5. The number of aromatic amines is 1. The number of hydrogen-bond acceptors (Lipinski definition) is 4. The Morgan fingerprint density at radius 3 is 2.58 bits per heavy atom. The van der Waals surface area contributed by atoms with Crippen molar-refractivity contribution < 1.29 is 4.79 Å². The monoisotopic (exact) mass is 336 g/mol. The number of benzene rings is 1. The van der Waals surface area contributed by atoms with Crippen LogP contribution in [0.15, 0.2) is 36.5 Å². The average molecular weight is 336 g/mol. The van der Waals surface area contributed by atoms with Gasteiger partial charge in [0.2, 0.25) is 0 Å². The highest BCUT2D eigenvalue weighted by molar-refractivity contribution is 7.18. The molecule has 0 atom stereocenters. The lowest BCUT2D eigenvalue weighted by Crippen LogP contribution is -2.58. The van der Waals surface area contributed by atoms with E-state index >= 15 is 0 Å². The van der Waals surface area contributed by atoms with Crippen molar-refractivity contribution in [3.63, 3.8) is 0 Å². The van der Waals surface area contributed by atoms with E-state index in [4.69, 9.17) is 0 Å². The zero-order valence-electron chi connectivity index (χ0n) is 13.1. The summed E-state index contributed by atoms with van der Waals surface area (Å²) in [7, 11) is 0. The molecule has 0 fully saturated rings. The van der Waals surface area contributed by atoms with Crippen LogP contribution in [-0.4, -0.2) is 21.8 Å². The molecule has 2 aromatic heterocycles. The number of aromatic nitrogens is 2. The van der Waals surface area contributed by atoms with Crippen molar-refractivity contribution in [1.82, 2.24) is 15.5 Å². The number of fused-ring (bicyclic) bond motifs is 2. The zero-order valence-corrected chi connectivity index (χ0v) is 14.0. The fraction of sp³-hybridized carbons (Fsp3) is 0.222. The topological polar surface area (TPSA) is 69.8 Å². The van der Waals surface area contributed by atoms with Crippen LogP contribution >= 0.6 is 11.3 Å². The Bertz CT molecular complexity index is 946. The lowest BCUT2D eigenvalue weighted by Gasteiger charge is -2.36. The lowest BCUT2D eigenvalue weighted by molar-refractivity contribution is 0.0908. The molecule has 3 heterocycles. The van der Waals surface area contributed by atoms with Crippen molar-refractivity contribution >= 4 is 22.9 Å². The van der Waals surface area contributed by atoms with Gasteiger partial charge in [0, 0.05) is 29.0 Å². The maximum Gasteiger partial charge on any atom is 0.265 e. The van der Waals surface area contributed by atoms with Gasteiger partial charge < -0.3 is 10.6 Å². The minimum Gasteiger partial charge on any atom is -0.361 e. The minimum absolute atomic E-state index is 0.00829. The number of nitrogens with one attached hydrogen (secondary N) is 3. The number of nitrogens with zero attached hydrogens (tertiary/aromatic N) is 1. The van der Waals surface area contributed by atoms with Gasteiger partial charge in [-0.3, -0.25) is 9.89 Å². The normalized spacial score (nSPS) is 17.3. The number of rotatable bonds is 1. The van der Waals surface area contributed by atoms with Gasteiger partial charge in [0.25, 0.3) is 5.91 Å². The van der Waals surface area contributed by atoms with Gasteiger partial charge in [-0.1, -0.05) is 24.3 Å². The van der Waals surface area contributed by atoms with Crippen LogP contribution in [0.3, 0.4) is 0 Å². The Morgan fingerprint density at radius 2 is 1.92 bits per heavy atom. The SMILES string of the molecule is Cc1[nH]ncc1-c1cc2c(s1)C(=O)NC1(Cc3ccccc3C1)N2. The number of amides is 1. The Kier molecular flexibility index (Phi) is 2.71. The van der Waals surface area contributed by atoms with Crippen molar-refractivity contribution in [2.24, 2.45) is 0 Å². The average Bonchev–Trinajstić information content (AvgIpc) is 3.23. The summed E-state index contributed by atoms with van der Waals surface area (Å²) in [4.78, 5) is 14.5. The van der Waals surface area contributed by atoms with E-state index in [1.165, 1.54) is 22.5 Å². The van der Waals surface area contributed by atoms with E-state index in [-0.39, 0.29) is 5.91 Å². The van der Waals surface area contributed by atoms with Crippen molar-refractivity contribution in [2.45, 2.75) is 25.4 Å². The first-order valence-corrected chi connectivity index (χ1v) is 8.77. The smallest absolute Gasteiger partial charge is 0.265 e. The Labute approximate surface area is 143 Å². The molecule has 5 rings (SSSR count). The third kappa shape index (κ3) is 1.93. The van der Waals surface area contributed by atoms with Crippen LogP contribution in [0, 0.1) is 6.92 Å². The third-order valence-corrected chi connectivity index (χ3v) is 6.03. The number of H-pyrrole nitrogens is 1. The summed E-state index contributed by atoms with van der Waals surface area (Å²) < 4.78 is 0. The quantitative estimate of drug-likeness (QED) is 0.639. The fourth-order valence-corrected chi connectivity index (χ4v) is 4.82. The number of carbonyl (C=O) groups excluding carboxylic acids is 1. The van der Waals surface area contributed by atoms with Crippen LogP contribution in [-0.2, 0) is 12.8 Å². The van der Waals surface area contributed by atoms with E-state index < -0.39 is 5.66 Å². The van der Waals surface area contributed by atoms with Crippen LogP contribution in [0.2, 0.25) is 0 Å². The second-order valence-corrected chi connectivity index (χ2v) is 7.60. The minimum atomic E-state index is -0.405. The largest absolute Gasteiger partial charge is 0.361 e. The second-order valence-electron chi connectivity index (χ2n) is 6.55. The molecule has 3 N–H and O–H groups in total. The third-order valence-electron chi connectivity index (χ3n) is 4.86. The Morgan fingerprint density at radius 1 is 1.17 bits per heavy atom. The van der Waals surface area contributed by atoms with E-state index in [0.29, 0.717) is 0 Å². The maximum atomic E-state index is 12.7. The molecule has 0 radical (unpaired) electrons. The zero-order chi connectivity index (χ0) is 16.3. The maximum absolute atomic E-state index is 12.7. The van der Waals surface area contributed by atoms with E-state index in [1.54, 1.807) is 0 Å². The molecule has 1 spiro atoms. The van der Waals surface area contributed by atoms with Crippen LogP contribution in [0.4, 0.5) is 5.69 Å². The standard InChI is InChI=1S/C18H16N4OS/c1-10-13(9-19-22-10)15-6-14-16(24-15)17(23)21-18(20-14)7-11-4-2-3-5-12(11)8-18/h2-6,9,20H,7-8H2,1H3,(H,19,22)(H,21,23). The van der Waals surface area contributed by atoms with Gasteiger partial charge in [0.15, 0.2) is 0 Å². The molecular formula is C18H16N4OS. The molecule has 2 aliphatic rings. The molecule has 3 aromatic rings. The molecule has 1 amide bonds. The Hall–Kier alpha value is -2.60. The number of hydrogen-bond donors (Lipinski definition) is 3. The van der Waals surface area contributed by atoms with Gasteiger partial charge in [-0.05, 0) is 24.1 Å². The fourth-order valence-electron chi connectivity index (χ4n) is 3.74. The number of thiophene rings is 1. The van der Waals surface area contributed by atoms with Gasteiger partial charge >= 0.3 is 0 Å². The van der Waals surface area contributed by atoms with Crippen molar-refractivity contribution in [2.75, 3.05) is 5.32 Å². The number of carbonyl (C=O) groups is 1. The van der Waals surface area contributed by atoms with Gasteiger partial charge in [-0.2, -0.15) is 5.10 Å². The summed E-state index contributed by atoms with van der Waals surface area (Å²) in [5.74, 6) is 0.00829. The summed E-state index contributed by atoms with van der Waals surface area (Å²) >= 11 is 1.51. The van der Waals surface area contributed by atoms with Gasteiger partial charge in [0.1, 0.15) is 10.5 Å². The molecule has 6 heteroatoms. The van der Waals surface area contributed by atoms with E-state index in [9.17, 15) is 4.79 Å². The van der Waals surface area contributed by atoms with Crippen molar-refractivity contribution in [3.8, 4) is 10.4 Å². The molecule has 0 saturated carbocycles. The molecule has 24 heavy (non-hydrogen) atoms. The Balaban J connectivity index is 1.54. The summed E-state index contributed by atoms with van der Waals surface area (Å²) in [5.41, 5.74) is 5.18. The highest BCUT2D eigenvalue weighted by Crippen LogP contribution is 2.41. The summed E-state index contributed by atoms with van der Waals surface area (Å²) in [6.45, 7) is 1.99. The van der Waals surface area contributed by atoms with Crippen molar-refractivity contribution in [1.29, 1.82) is 0 Å². The molecular weight excluding hydrogens is 320 g/mol.